The van der Waals surface area contributed by atoms with E-state index in [0.29, 0.717) is 12.0 Å². The zero-order valence-electron chi connectivity index (χ0n) is 7.57. The topological polar surface area (TPSA) is 43.8 Å². The minimum Gasteiger partial charge on any atom is -0.369 e. The average molecular weight is 208 g/mol. The van der Waals surface area contributed by atoms with Gasteiger partial charge in [-0.15, -0.1) is 0 Å². The maximum Gasteiger partial charge on any atom is 0.201 e. The van der Waals surface area contributed by atoms with E-state index in [-0.39, 0.29) is 0 Å². The van der Waals surface area contributed by atoms with E-state index in [4.69, 9.17) is 17.3 Å². The van der Waals surface area contributed by atoms with Gasteiger partial charge in [-0.2, -0.15) is 0 Å². The average Bonchev–Trinajstić information content (AvgIpc) is 2.90. The minimum absolute atomic E-state index is 0.514. The molecule has 1 aliphatic carbocycles. The van der Waals surface area contributed by atoms with Gasteiger partial charge in [0, 0.05) is 6.04 Å². The van der Waals surface area contributed by atoms with E-state index in [9.17, 15) is 0 Å². The lowest BCUT2D eigenvalue weighted by Crippen LogP contribution is -2.00. The third kappa shape index (κ3) is 1.02. The molecule has 1 heterocycles. The number of aromatic nitrogens is 2. The van der Waals surface area contributed by atoms with E-state index in [1.54, 1.807) is 0 Å². The number of rotatable bonds is 1. The van der Waals surface area contributed by atoms with E-state index < -0.39 is 0 Å². The highest BCUT2D eigenvalue weighted by atomic mass is 35.5. The highest BCUT2D eigenvalue weighted by Gasteiger charge is 2.28. The monoisotopic (exact) mass is 207 g/mol. The molecule has 0 bridgehead atoms. The molecule has 14 heavy (non-hydrogen) atoms. The summed E-state index contributed by atoms with van der Waals surface area (Å²) in [7, 11) is 0. The van der Waals surface area contributed by atoms with Crippen LogP contribution in [-0.4, -0.2) is 9.55 Å². The summed E-state index contributed by atoms with van der Waals surface area (Å²) < 4.78 is 2.05. The highest BCUT2D eigenvalue weighted by Crippen LogP contribution is 2.40. The molecule has 1 aromatic heterocycles. The number of anilines is 1. The van der Waals surface area contributed by atoms with Crippen molar-refractivity contribution in [1.82, 2.24) is 9.55 Å². The fraction of sp³-hybridized carbons (Fsp3) is 0.300. The molecule has 0 saturated heterocycles. The first-order valence-electron chi connectivity index (χ1n) is 4.69. The second-order valence-electron chi connectivity index (χ2n) is 3.68. The van der Waals surface area contributed by atoms with Crippen LogP contribution in [0.4, 0.5) is 5.95 Å². The van der Waals surface area contributed by atoms with Crippen molar-refractivity contribution >= 4 is 28.6 Å². The Morgan fingerprint density at radius 1 is 1.43 bits per heavy atom. The van der Waals surface area contributed by atoms with E-state index in [1.165, 1.54) is 12.8 Å². The van der Waals surface area contributed by atoms with Crippen LogP contribution in [0.1, 0.15) is 18.9 Å². The number of hydrogen-bond acceptors (Lipinski definition) is 2. The van der Waals surface area contributed by atoms with Crippen molar-refractivity contribution in [2.24, 2.45) is 0 Å². The molecule has 3 rings (SSSR count). The van der Waals surface area contributed by atoms with Crippen LogP contribution in [0, 0.1) is 0 Å². The zero-order chi connectivity index (χ0) is 9.71. The number of fused-ring (bicyclic) bond motifs is 1. The van der Waals surface area contributed by atoms with Gasteiger partial charge in [0.05, 0.1) is 16.1 Å². The Labute approximate surface area is 86.5 Å². The number of hydrogen-bond donors (Lipinski definition) is 1. The van der Waals surface area contributed by atoms with Gasteiger partial charge in [-0.05, 0) is 25.0 Å². The van der Waals surface area contributed by atoms with Crippen molar-refractivity contribution < 1.29 is 0 Å². The Balaban J connectivity index is 2.39. The standard InChI is InChI=1S/C10H10ClN3/c11-7-2-1-3-8-9(7)14(6-4-5-6)10(12)13-8/h1-3,6H,4-5H2,(H2,12,13). The first-order chi connectivity index (χ1) is 6.77. The number of nitrogen functional groups attached to an aromatic ring is 1. The molecule has 1 saturated carbocycles. The number of benzene rings is 1. The zero-order valence-corrected chi connectivity index (χ0v) is 8.33. The molecular weight excluding hydrogens is 198 g/mol. The molecule has 72 valence electrons. The predicted molar refractivity (Wildman–Crippen MR) is 57.4 cm³/mol. The lowest BCUT2D eigenvalue weighted by Gasteiger charge is -2.04. The van der Waals surface area contributed by atoms with Gasteiger partial charge in [-0.3, -0.25) is 0 Å². The van der Waals surface area contributed by atoms with E-state index >= 15 is 0 Å². The SMILES string of the molecule is Nc1nc2cccc(Cl)c2n1C1CC1. The third-order valence-electron chi connectivity index (χ3n) is 2.60. The number of halogens is 1. The first-order valence-corrected chi connectivity index (χ1v) is 5.07. The summed E-state index contributed by atoms with van der Waals surface area (Å²) in [5, 5.41) is 0.735. The van der Waals surface area contributed by atoms with Crippen LogP contribution in [-0.2, 0) is 0 Å². The van der Waals surface area contributed by atoms with Crippen LogP contribution < -0.4 is 5.73 Å². The van der Waals surface area contributed by atoms with Crippen LogP contribution in [0.25, 0.3) is 11.0 Å². The molecule has 0 unspecified atom stereocenters. The van der Waals surface area contributed by atoms with Gasteiger partial charge < -0.3 is 10.3 Å². The fourth-order valence-electron chi connectivity index (χ4n) is 1.83. The second kappa shape index (κ2) is 2.64. The molecule has 1 fully saturated rings. The van der Waals surface area contributed by atoms with Crippen molar-refractivity contribution in [3.05, 3.63) is 23.2 Å². The first kappa shape index (κ1) is 8.12. The van der Waals surface area contributed by atoms with E-state index in [2.05, 4.69) is 9.55 Å². The van der Waals surface area contributed by atoms with Gasteiger partial charge in [-0.1, -0.05) is 17.7 Å². The van der Waals surface area contributed by atoms with E-state index in [0.717, 1.165) is 16.1 Å². The van der Waals surface area contributed by atoms with Crippen molar-refractivity contribution in [2.45, 2.75) is 18.9 Å². The summed E-state index contributed by atoms with van der Waals surface area (Å²) in [5.74, 6) is 0.579. The van der Waals surface area contributed by atoms with Crippen molar-refractivity contribution in [3.63, 3.8) is 0 Å². The Kier molecular flexibility index (Phi) is 1.53. The highest BCUT2D eigenvalue weighted by molar-refractivity contribution is 6.35. The maximum atomic E-state index is 6.13. The van der Waals surface area contributed by atoms with Gasteiger partial charge in [0.25, 0.3) is 0 Å². The number of imidazole rings is 1. The molecule has 3 nitrogen and oxygen atoms in total. The van der Waals surface area contributed by atoms with Crippen molar-refractivity contribution in [3.8, 4) is 0 Å². The van der Waals surface area contributed by atoms with Gasteiger partial charge in [0.15, 0.2) is 0 Å². The largest absolute Gasteiger partial charge is 0.369 e. The molecule has 1 aromatic carbocycles. The van der Waals surface area contributed by atoms with E-state index in [1.807, 2.05) is 18.2 Å². The molecule has 0 amide bonds. The van der Waals surface area contributed by atoms with Crippen molar-refractivity contribution in [1.29, 1.82) is 0 Å². The van der Waals surface area contributed by atoms with Gasteiger partial charge in [-0.25, -0.2) is 4.98 Å². The van der Waals surface area contributed by atoms with Gasteiger partial charge in [0.1, 0.15) is 0 Å². The molecule has 0 spiro atoms. The number of nitrogens with zero attached hydrogens (tertiary/aromatic N) is 2. The molecule has 2 aromatic rings. The lowest BCUT2D eigenvalue weighted by atomic mass is 10.3. The molecular formula is C10H10ClN3. The number of para-hydroxylation sites is 1. The van der Waals surface area contributed by atoms with Gasteiger partial charge in [0.2, 0.25) is 5.95 Å². The normalized spacial score (nSPS) is 16.4. The molecule has 4 heteroatoms. The van der Waals surface area contributed by atoms with Crippen LogP contribution in [0.2, 0.25) is 5.02 Å². The summed E-state index contributed by atoms with van der Waals surface area (Å²) in [6, 6.07) is 6.23. The lowest BCUT2D eigenvalue weighted by molar-refractivity contribution is 0.779. The summed E-state index contributed by atoms with van der Waals surface area (Å²) in [5.41, 5.74) is 7.73. The summed E-state index contributed by atoms with van der Waals surface area (Å²) in [6.45, 7) is 0. The summed E-state index contributed by atoms with van der Waals surface area (Å²) in [6.07, 6.45) is 2.36. The smallest absolute Gasteiger partial charge is 0.201 e. The van der Waals surface area contributed by atoms with Crippen LogP contribution in [0.5, 0.6) is 0 Å². The van der Waals surface area contributed by atoms with Crippen LogP contribution >= 0.6 is 11.6 Å². The molecule has 0 aliphatic heterocycles. The van der Waals surface area contributed by atoms with Crippen LogP contribution in [0.3, 0.4) is 0 Å². The predicted octanol–water partition coefficient (Wildman–Crippen LogP) is 2.61. The summed E-state index contributed by atoms with van der Waals surface area (Å²) in [4.78, 5) is 4.29. The van der Waals surface area contributed by atoms with Gasteiger partial charge >= 0.3 is 0 Å². The quantitative estimate of drug-likeness (QED) is 0.781. The molecule has 0 atom stereocenters. The fourth-order valence-corrected chi connectivity index (χ4v) is 2.09. The Hall–Kier alpha value is -1.22. The molecule has 0 radical (unpaired) electrons. The number of nitrogens with two attached hydrogens (primary N) is 1. The Bertz CT molecular complexity index is 499. The summed E-state index contributed by atoms with van der Waals surface area (Å²) >= 11 is 6.13. The third-order valence-corrected chi connectivity index (χ3v) is 2.91. The van der Waals surface area contributed by atoms with Crippen LogP contribution in [0.15, 0.2) is 18.2 Å². The molecule has 1 aliphatic rings. The Morgan fingerprint density at radius 2 is 2.21 bits per heavy atom. The minimum atomic E-state index is 0.514. The Morgan fingerprint density at radius 3 is 2.93 bits per heavy atom. The molecule has 2 N–H and O–H groups in total. The van der Waals surface area contributed by atoms with Crippen molar-refractivity contribution in [2.75, 3.05) is 5.73 Å². The second-order valence-corrected chi connectivity index (χ2v) is 4.09. The maximum absolute atomic E-state index is 6.13.